The summed E-state index contributed by atoms with van der Waals surface area (Å²) < 4.78 is 68.4. The second-order valence-corrected chi connectivity index (χ2v) is 31.0. The Bertz CT molecular complexity index is 1820. The minimum atomic E-state index is -4.96. The van der Waals surface area contributed by atoms with Crippen molar-refractivity contribution < 1.29 is 80.2 Å². The first kappa shape index (κ1) is 91.1. The molecule has 5 atom stereocenters. The number of hydrogen-bond donors (Lipinski definition) is 3. The van der Waals surface area contributed by atoms with Crippen LogP contribution in [0.15, 0.2) is 0 Å². The Balaban J connectivity index is 5.20. The number of hydrogen-bond acceptors (Lipinski definition) is 15. The number of carbonyl (C=O) groups is 4. The summed E-state index contributed by atoms with van der Waals surface area (Å²) in [5.41, 5.74) is 0. The summed E-state index contributed by atoms with van der Waals surface area (Å²) in [6, 6.07) is 0. The summed E-state index contributed by atoms with van der Waals surface area (Å²) in [5, 5.41) is 10.6. The lowest BCUT2D eigenvalue weighted by Gasteiger charge is -2.21. The first-order chi connectivity index (χ1) is 44.7. The first-order valence-corrected chi connectivity index (χ1v) is 41.3. The SMILES string of the molecule is CCCCCCCCCC(=O)OC[C@H](COP(=O)(O)OC[C@H](O)COP(=O)(O)OC[C@@H](COC(=O)CCCCCCCCCCCCCC(C)C)OC(=O)CCCCCCCCCCCCCCCCCC(C)C)OC(=O)CCCCCCCCCCCCCC(C)C. The highest BCUT2D eigenvalue weighted by Gasteiger charge is 2.30. The topological polar surface area (TPSA) is 237 Å². The van der Waals surface area contributed by atoms with Crippen molar-refractivity contribution in [3.63, 3.8) is 0 Å². The summed E-state index contributed by atoms with van der Waals surface area (Å²) in [4.78, 5) is 72.6. The largest absolute Gasteiger partial charge is 0.472 e. The quantitative estimate of drug-likeness (QED) is 0.0222. The smallest absolute Gasteiger partial charge is 0.462 e. The molecule has 0 aliphatic heterocycles. The van der Waals surface area contributed by atoms with Crippen molar-refractivity contribution in [2.75, 3.05) is 39.6 Å². The maximum absolute atomic E-state index is 13.1. The van der Waals surface area contributed by atoms with Gasteiger partial charge >= 0.3 is 39.5 Å². The maximum Gasteiger partial charge on any atom is 0.472 e. The monoisotopic (exact) mass is 1370 g/mol. The molecule has 0 fully saturated rings. The van der Waals surface area contributed by atoms with Crippen molar-refractivity contribution in [2.45, 2.75) is 394 Å². The van der Waals surface area contributed by atoms with Crippen LogP contribution in [0.2, 0.25) is 0 Å². The van der Waals surface area contributed by atoms with Crippen molar-refractivity contribution in [1.29, 1.82) is 0 Å². The average molecular weight is 1370 g/mol. The third-order valence-electron chi connectivity index (χ3n) is 17.1. The van der Waals surface area contributed by atoms with Crippen molar-refractivity contribution in [3.05, 3.63) is 0 Å². The predicted molar refractivity (Wildman–Crippen MR) is 377 cm³/mol. The third kappa shape index (κ3) is 68.4. The van der Waals surface area contributed by atoms with Crippen LogP contribution in [0.25, 0.3) is 0 Å². The Morgan fingerprint density at radius 3 is 0.731 bits per heavy atom. The van der Waals surface area contributed by atoms with E-state index < -0.39 is 97.5 Å². The van der Waals surface area contributed by atoms with Crippen molar-refractivity contribution in [3.8, 4) is 0 Å². The fourth-order valence-electron chi connectivity index (χ4n) is 11.2. The highest BCUT2D eigenvalue weighted by Crippen LogP contribution is 2.45. The zero-order valence-corrected chi connectivity index (χ0v) is 62.5. The van der Waals surface area contributed by atoms with Crippen LogP contribution in [0.3, 0.4) is 0 Å². The molecule has 0 saturated carbocycles. The number of aliphatic hydroxyl groups excluding tert-OH is 1. The Hall–Kier alpha value is -1.94. The summed E-state index contributed by atoms with van der Waals surface area (Å²) >= 11 is 0. The normalized spacial score (nSPS) is 14.1. The number of aliphatic hydroxyl groups is 1. The lowest BCUT2D eigenvalue weighted by Crippen LogP contribution is -2.30. The summed E-state index contributed by atoms with van der Waals surface area (Å²) in [5.74, 6) is 0.215. The van der Waals surface area contributed by atoms with Crippen LogP contribution in [-0.4, -0.2) is 96.7 Å². The number of phosphoric acid groups is 2. The van der Waals surface area contributed by atoms with Gasteiger partial charge in [-0.15, -0.1) is 0 Å². The predicted octanol–water partition coefficient (Wildman–Crippen LogP) is 21.4. The van der Waals surface area contributed by atoms with Crippen LogP contribution in [0.1, 0.15) is 376 Å². The van der Waals surface area contributed by atoms with E-state index in [1.54, 1.807) is 0 Å². The van der Waals surface area contributed by atoms with Gasteiger partial charge in [-0.3, -0.25) is 37.3 Å². The number of phosphoric ester groups is 2. The van der Waals surface area contributed by atoms with Gasteiger partial charge in [-0.25, -0.2) is 9.13 Å². The Kier molecular flexibility index (Phi) is 63.4. The van der Waals surface area contributed by atoms with E-state index in [0.717, 1.165) is 120 Å². The highest BCUT2D eigenvalue weighted by molar-refractivity contribution is 7.47. The molecule has 2 unspecified atom stereocenters. The van der Waals surface area contributed by atoms with Crippen LogP contribution in [-0.2, 0) is 65.4 Å². The van der Waals surface area contributed by atoms with Gasteiger partial charge in [0.05, 0.1) is 26.4 Å². The fraction of sp³-hybridized carbons (Fsp3) is 0.946. The van der Waals surface area contributed by atoms with E-state index in [0.29, 0.717) is 25.7 Å². The molecule has 0 aliphatic rings. The van der Waals surface area contributed by atoms with E-state index >= 15 is 0 Å². The third-order valence-corrected chi connectivity index (χ3v) is 19.0. The molecule has 0 aromatic heterocycles. The molecule has 0 heterocycles. The van der Waals surface area contributed by atoms with Gasteiger partial charge in [0.25, 0.3) is 0 Å². The molecule has 17 nitrogen and oxygen atoms in total. The molecule has 0 aliphatic carbocycles. The van der Waals surface area contributed by atoms with Gasteiger partial charge in [0.1, 0.15) is 19.3 Å². The molecule has 19 heteroatoms. The molecule has 0 spiro atoms. The standard InChI is InChI=1S/C74H144O17P2/c1-8-9-10-11-31-41-48-55-71(76)84-61-69(90-74(79)58-51-44-37-30-24-18-21-27-34-40-47-54-67(6)7)63-88-92(80,81)86-59-68(75)60-87-93(82,83)89-64-70(62-85-72(77)56-49-42-35-28-23-17-20-26-33-39-46-53-66(4)5)91-73(78)57-50-43-36-29-22-16-14-12-13-15-19-25-32-38-45-52-65(2)3/h65-70,75H,8-64H2,1-7H3,(H,80,81)(H,82,83)/t68-,69+,70+/m0/s1. The molecular weight excluding hydrogens is 1220 g/mol. The lowest BCUT2D eigenvalue weighted by molar-refractivity contribution is -0.161. The van der Waals surface area contributed by atoms with Gasteiger partial charge in [0, 0.05) is 25.7 Å². The molecule has 0 saturated heterocycles. The maximum atomic E-state index is 13.1. The van der Waals surface area contributed by atoms with E-state index in [1.807, 2.05) is 0 Å². The average Bonchev–Trinajstić information content (AvgIpc) is 1.93. The molecule has 552 valence electrons. The van der Waals surface area contributed by atoms with Gasteiger partial charge in [-0.05, 0) is 43.4 Å². The minimum Gasteiger partial charge on any atom is -0.462 e. The Morgan fingerprint density at radius 1 is 0.290 bits per heavy atom. The molecule has 3 N–H and O–H groups in total. The number of ether oxygens (including phenoxy) is 4. The Morgan fingerprint density at radius 2 is 0.495 bits per heavy atom. The first-order valence-electron chi connectivity index (χ1n) is 38.3. The summed E-state index contributed by atoms with van der Waals surface area (Å²) in [6.45, 7) is 11.9. The van der Waals surface area contributed by atoms with Gasteiger partial charge in [0.15, 0.2) is 12.2 Å². The van der Waals surface area contributed by atoms with Gasteiger partial charge in [0.2, 0.25) is 0 Å². The van der Waals surface area contributed by atoms with E-state index in [4.69, 9.17) is 37.0 Å². The second kappa shape index (κ2) is 64.7. The van der Waals surface area contributed by atoms with Crippen molar-refractivity contribution in [2.24, 2.45) is 17.8 Å². The van der Waals surface area contributed by atoms with Crippen LogP contribution < -0.4 is 0 Å². The number of unbranched alkanes of at least 4 members (excludes halogenated alkanes) is 40. The van der Waals surface area contributed by atoms with Gasteiger partial charge < -0.3 is 33.8 Å². The summed E-state index contributed by atoms with van der Waals surface area (Å²) in [6.07, 6.45) is 50.0. The van der Waals surface area contributed by atoms with Crippen LogP contribution in [0.5, 0.6) is 0 Å². The van der Waals surface area contributed by atoms with Crippen LogP contribution in [0.4, 0.5) is 0 Å². The molecule has 0 aromatic carbocycles. The van der Waals surface area contributed by atoms with Gasteiger partial charge in [-0.2, -0.15) is 0 Å². The zero-order chi connectivity index (χ0) is 68.7. The second-order valence-electron chi connectivity index (χ2n) is 28.1. The lowest BCUT2D eigenvalue weighted by atomic mass is 10.0. The zero-order valence-electron chi connectivity index (χ0n) is 60.7. The van der Waals surface area contributed by atoms with Crippen molar-refractivity contribution >= 4 is 39.5 Å². The fourth-order valence-corrected chi connectivity index (χ4v) is 12.8. The Labute approximate surface area is 568 Å². The molecular formula is C74H144O17P2. The molecule has 0 aromatic rings. The number of carbonyl (C=O) groups excluding carboxylic acids is 4. The van der Waals surface area contributed by atoms with Gasteiger partial charge in [-0.1, -0.05) is 325 Å². The van der Waals surface area contributed by atoms with Crippen LogP contribution in [0, 0.1) is 17.8 Å². The molecule has 0 radical (unpaired) electrons. The number of esters is 4. The van der Waals surface area contributed by atoms with Crippen molar-refractivity contribution in [1.82, 2.24) is 0 Å². The van der Waals surface area contributed by atoms with Crippen LogP contribution >= 0.6 is 15.6 Å². The number of rotatable bonds is 72. The van der Waals surface area contributed by atoms with E-state index in [9.17, 15) is 43.2 Å². The van der Waals surface area contributed by atoms with E-state index in [-0.39, 0.29) is 25.7 Å². The molecule has 0 amide bonds. The van der Waals surface area contributed by atoms with E-state index in [2.05, 4.69) is 48.5 Å². The molecule has 0 rings (SSSR count). The molecule has 0 bridgehead atoms. The summed E-state index contributed by atoms with van der Waals surface area (Å²) in [7, 11) is -9.90. The highest BCUT2D eigenvalue weighted by atomic mass is 31.2. The van der Waals surface area contributed by atoms with E-state index in [1.165, 1.54) is 173 Å². The minimum absolute atomic E-state index is 0.106. The molecule has 93 heavy (non-hydrogen) atoms.